The molecule has 0 bridgehead atoms. The van der Waals surface area contributed by atoms with Gasteiger partial charge in [-0.3, -0.25) is 14.8 Å². The minimum absolute atomic E-state index is 0.000568. The van der Waals surface area contributed by atoms with E-state index in [-0.39, 0.29) is 5.69 Å². The van der Waals surface area contributed by atoms with E-state index in [0.29, 0.717) is 16.8 Å². The molecule has 0 aliphatic heterocycles. The Balaban J connectivity index is 2.13. The molecule has 2 aromatic rings. The Morgan fingerprint density at radius 3 is 2.94 bits per heavy atom. The molecule has 0 spiro atoms. The van der Waals surface area contributed by atoms with Crippen LogP contribution in [0.4, 0.5) is 5.69 Å². The number of nitro benzene ring substituents is 1. The van der Waals surface area contributed by atoms with Crippen LogP contribution in [0.5, 0.6) is 5.75 Å². The van der Waals surface area contributed by atoms with Crippen LogP contribution in [-0.2, 0) is 13.7 Å². The van der Waals surface area contributed by atoms with Crippen LogP contribution in [0.15, 0.2) is 35.1 Å². The van der Waals surface area contributed by atoms with Crippen molar-refractivity contribution in [2.75, 3.05) is 0 Å². The molecule has 0 fully saturated rings. The molecule has 1 aromatic heterocycles. The van der Waals surface area contributed by atoms with Crippen molar-refractivity contribution >= 4 is 21.6 Å². The highest BCUT2D eigenvalue weighted by atomic mass is 79.9. The number of nitro groups is 1. The first kappa shape index (κ1) is 12.6. The summed E-state index contributed by atoms with van der Waals surface area (Å²) < 4.78 is 7.87. The molecule has 0 saturated heterocycles. The van der Waals surface area contributed by atoms with Crippen LogP contribution >= 0.6 is 15.9 Å². The zero-order valence-corrected chi connectivity index (χ0v) is 11.1. The second-order valence-corrected chi connectivity index (χ2v) is 4.54. The highest BCUT2D eigenvalue weighted by molar-refractivity contribution is 9.10. The van der Waals surface area contributed by atoms with E-state index in [1.165, 1.54) is 12.1 Å². The van der Waals surface area contributed by atoms with Gasteiger partial charge in [0.15, 0.2) is 0 Å². The largest absolute Gasteiger partial charge is 0.487 e. The third-order valence-corrected chi connectivity index (χ3v) is 2.93. The number of non-ortho nitro benzene ring substituents is 1. The van der Waals surface area contributed by atoms with E-state index in [0.717, 1.165) is 5.56 Å². The molecular weight excluding hydrogens is 302 g/mol. The molecule has 0 radical (unpaired) electrons. The van der Waals surface area contributed by atoms with Gasteiger partial charge < -0.3 is 4.74 Å². The first-order valence-corrected chi connectivity index (χ1v) is 5.90. The van der Waals surface area contributed by atoms with Crippen LogP contribution in [0.25, 0.3) is 0 Å². The molecule has 0 aliphatic carbocycles. The number of rotatable bonds is 4. The van der Waals surface area contributed by atoms with E-state index >= 15 is 0 Å². The second kappa shape index (κ2) is 5.18. The fraction of sp³-hybridized carbons (Fsp3) is 0.182. The molecule has 0 N–H and O–H groups in total. The Bertz CT molecular complexity index is 583. The quantitative estimate of drug-likeness (QED) is 0.643. The van der Waals surface area contributed by atoms with Crippen molar-refractivity contribution in [1.29, 1.82) is 0 Å². The summed E-state index contributed by atoms with van der Waals surface area (Å²) in [4.78, 5) is 10.2. The number of hydrogen-bond acceptors (Lipinski definition) is 4. The zero-order chi connectivity index (χ0) is 13.1. The van der Waals surface area contributed by atoms with E-state index in [4.69, 9.17) is 4.74 Å². The Kier molecular flexibility index (Phi) is 3.61. The fourth-order valence-corrected chi connectivity index (χ4v) is 1.78. The van der Waals surface area contributed by atoms with Gasteiger partial charge in [-0.2, -0.15) is 5.10 Å². The van der Waals surface area contributed by atoms with Gasteiger partial charge in [-0.15, -0.1) is 0 Å². The smallest absolute Gasteiger partial charge is 0.273 e. The number of ether oxygens (including phenoxy) is 1. The summed E-state index contributed by atoms with van der Waals surface area (Å²) in [6.45, 7) is 0.313. The summed E-state index contributed by atoms with van der Waals surface area (Å²) >= 11 is 3.29. The number of aryl methyl sites for hydroxylation is 1. The molecule has 2 rings (SSSR count). The molecule has 1 aromatic carbocycles. The standard InChI is InChI=1S/C11H10BrN3O3/c1-14-6-8(5-13-14)7-18-11-4-9(15(16)17)2-3-10(11)12/h2-6H,7H2,1H3. The van der Waals surface area contributed by atoms with Crippen molar-refractivity contribution in [2.24, 2.45) is 7.05 Å². The molecule has 94 valence electrons. The molecule has 1 heterocycles. The molecule has 0 amide bonds. The number of hydrogen-bond donors (Lipinski definition) is 0. The van der Waals surface area contributed by atoms with Crippen molar-refractivity contribution in [2.45, 2.75) is 6.61 Å². The number of benzene rings is 1. The average molecular weight is 312 g/mol. The van der Waals surface area contributed by atoms with Gasteiger partial charge >= 0.3 is 0 Å². The fourth-order valence-electron chi connectivity index (χ4n) is 1.42. The Morgan fingerprint density at radius 1 is 1.56 bits per heavy atom. The van der Waals surface area contributed by atoms with Crippen LogP contribution < -0.4 is 4.74 Å². The number of halogens is 1. The normalized spacial score (nSPS) is 10.3. The van der Waals surface area contributed by atoms with Crippen molar-refractivity contribution in [1.82, 2.24) is 9.78 Å². The monoisotopic (exact) mass is 311 g/mol. The second-order valence-electron chi connectivity index (χ2n) is 3.68. The third-order valence-electron chi connectivity index (χ3n) is 2.28. The van der Waals surface area contributed by atoms with E-state index in [9.17, 15) is 10.1 Å². The molecule has 0 aliphatic rings. The average Bonchev–Trinajstić information content (AvgIpc) is 2.74. The van der Waals surface area contributed by atoms with Gasteiger partial charge in [0.2, 0.25) is 0 Å². The van der Waals surface area contributed by atoms with Gasteiger partial charge in [-0.1, -0.05) is 0 Å². The topological polar surface area (TPSA) is 70.2 Å². The molecule has 7 heteroatoms. The van der Waals surface area contributed by atoms with E-state index < -0.39 is 4.92 Å². The van der Waals surface area contributed by atoms with Crippen molar-refractivity contribution in [3.05, 3.63) is 50.7 Å². The van der Waals surface area contributed by atoms with Gasteiger partial charge in [0, 0.05) is 24.9 Å². The van der Waals surface area contributed by atoms with Crippen molar-refractivity contribution in [3.8, 4) is 5.75 Å². The first-order chi connectivity index (χ1) is 8.56. The Morgan fingerprint density at radius 2 is 2.33 bits per heavy atom. The summed E-state index contributed by atoms with van der Waals surface area (Å²) in [5.41, 5.74) is 0.898. The van der Waals surface area contributed by atoms with Gasteiger partial charge in [0.1, 0.15) is 12.4 Å². The lowest BCUT2D eigenvalue weighted by Gasteiger charge is -2.06. The van der Waals surface area contributed by atoms with E-state index in [2.05, 4.69) is 21.0 Å². The Labute approximate surface area is 111 Å². The summed E-state index contributed by atoms with van der Waals surface area (Å²) in [7, 11) is 1.81. The SMILES string of the molecule is Cn1cc(COc2cc([N+](=O)[O-])ccc2Br)cn1. The van der Waals surface area contributed by atoms with E-state index in [1.54, 1.807) is 16.9 Å². The predicted molar refractivity (Wildman–Crippen MR) is 68.3 cm³/mol. The van der Waals surface area contributed by atoms with Crippen LogP contribution in [0.2, 0.25) is 0 Å². The summed E-state index contributed by atoms with van der Waals surface area (Å²) in [6.07, 6.45) is 3.51. The first-order valence-electron chi connectivity index (χ1n) is 5.10. The third kappa shape index (κ3) is 2.86. The predicted octanol–water partition coefficient (Wildman–Crippen LogP) is 2.67. The molecule has 0 saturated carbocycles. The highest BCUT2D eigenvalue weighted by Gasteiger charge is 2.10. The van der Waals surface area contributed by atoms with Gasteiger partial charge in [0.25, 0.3) is 5.69 Å². The maximum atomic E-state index is 10.7. The summed E-state index contributed by atoms with van der Waals surface area (Å²) in [5.74, 6) is 0.438. The van der Waals surface area contributed by atoms with Crippen LogP contribution in [0.3, 0.4) is 0 Å². The lowest BCUT2D eigenvalue weighted by molar-refractivity contribution is -0.385. The van der Waals surface area contributed by atoms with Gasteiger partial charge in [0.05, 0.1) is 21.7 Å². The van der Waals surface area contributed by atoms with Crippen molar-refractivity contribution in [3.63, 3.8) is 0 Å². The van der Waals surface area contributed by atoms with Crippen LogP contribution in [-0.4, -0.2) is 14.7 Å². The highest BCUT2D eigenvalue weighted by Crippen LogP contribution is 2.29. The molecule has 6 nitrogen and oxygen atoms in total. The van der Waals surface area contributed by atoms with Gasteiger partial charge in [-0.05, 0) is 22.0 Å². The maximum absolute atomic E-state index is 10.7. The van der Waals surface area contributed by atoms with E-state index in [1.807, 2.05) is 13.2 Å². The van der Waals surface area contributed by atoms with Crippen LogP contribution in [0.1, 0.15) is 5.56 Å². The van der Waals surface area contributed by atoms with Crippen molar-refractivity contribution < 1.29 is 9.66 Å². The molecule has 0 atom stereocenters. The van der Waals surface area contributed by atoms with Gasteiger partial charge in [-0.25, -0.2) is 0 Å². The Hall–Kier alpha value is -1.89. The lowest BCUT2D eigenvalue weighted by Crippen LogP contribution is -1.96. The molecular formula is C11H10BrN3O3. The maximum Gasteiger partial charge on any atom is 0.273 e. The summed E-state index contributed by atoms with van der Waals surface area (Å²) in [6, 6.07) is 4.40. The minimum atomic E-state index is -0.455. The zero-order valence-electron chi connectivity index (χ0n) is 9.54. The van der Waals surface area contributed by atoms with Crippen LogP contribution in [0, 0.1) is 10.1 Å². The summed E-state index contributed by atoms with van der Waals surface area (Å²) in [5, 5.41) is 14.7. The number of nitrogens with zero attached hydrogens (tertiary/aromatic N) is 3. The number of aromatic nitrogens is 2. The molecule has 18 heavy (non-hydrogen) atoms. The lowest BCUT2D eigenvalue weighted by atomic mass is 10.3. The minimum Gasteiger partial charge on any atom is -0.487 e. The molecule has 0 unspecified atom stereocenters.